The zero-order valence-corrected chi connectivity index (χ0v) is 11.7. The van der Waals surface area contributed by atoms with E-state index in [0.29, 0.717) is 6.04 Å². The molecule has 1 heterocycles. The fourth-order valence-corrected chi connectivity index (χ4v) is 3.01. The maximum atomic E-state index is 6.12. The van der Waals surface area contributed by atoms with Crippen LogP contribution in [-0.2, 0) is 0 Å². The van der Waals surface area contributed by atoms with Crippen molar-refractivity contribution in [3.63, 3.8) is 0 Å². The zero-order chi connectivity index (χ0) is 12.8. The Labute approximate surface area is 115 Å². The van der Waals surface area contributed by atoms with Crippen molar-refractivity contribution in [3.8, 4) is 0 Å². The van der Waals surface area contributed by atoms with Gasteiger partial charge in [0, 0.05) is 11.1 Å². The number of hydrogen-bond acceptors (Lipinski definition) is 2. The molecule has 2 rings (SSSR count). The summed E-state index contributed by atoms with van der Waals surface area (Å²) in [6.45, 7) is 3.19. The number of benzene rings is 1. The standard InChI is InChI=1S/C15H23ClN2/c16-14-7-4-6-13(12-14)15(8-5-9-17)18-10-2-1-3-11-18/h4,6-7,12,15H,1-3,5,8-11,17H2. The van der Waals surface area contributed by atoms with E-state index < -0.39 is 0 Å². The smallest absolute Gasteiger partial charge is 0.0409 e. The second kappa shape index (κ2) is 7.13. The highest BCUT2D eigenvalue weighted by molar-refractivity contribution is 6.30. The van der Waals surface area contributed by atoms with E-state index in [1.165, 1.54) is 37.9 Å². The molecule has 1 aliphatic heterocycles. The molecule has 1 aromatic carbocycles. The van der Waals surface area contributed by atoms with Gasteiger partial charge in [-0.3, -0.25) is 4.90 Å². The molecular weight excluding hydrogens is 244 g/mol. The molecule has 0 radical (unpaired) electrons. The minimum Gasteiger partial charge on any atom is -0.330 e. The van der Waals surface area contributed by atoms with Crippen LogP contribution >= 0.6 is 11.6 Å². The van der Waals surface area contributed by atoms with Gasteiger partial charge in [0.15, 0.2) is 0 Å². The highest BCUT2D eigenvalue weighted by atomic mass is 35.5. The van der Waals surface area contributed by atoms with Crippen molar-refractivity contribution >= 4 is 11.6 Å². The van der Waals surface area contributed by atoms with E-state index in [2.05, 4.69) is 23.1 Å². The second-order valence-corrected chi connectivity index (χ2v) is 5.53. The van der Waals surface area contributed by atoms with Gasteiger partial charge in [-0.25, -0.2) is 0 Å². The lowest BCUT2D eigenvalue weighted by Crippen LogP contribution is -2.34. The Bertz CT molecular complexity index is 361. The van der Waals surface area contributed by atoms with Crippen LogP contribution in [0.2, 0.25) is 5.02 Å². The van der Waals surface area contributed by atoms with Crippen LogP contribution in [0.1, 0.15) is 43.7 Å². The van der Waals surface area contributed by atoms with E-state index in [1.54, 1.807) is 0 Å². The average Bonchev–Trinajstić information content (AvgIpc) is 2.40. The Kier molecular flexibility index (Phi) is 5.48. The van der Waals surface area contributed by atoms with Crippen LogP contribution in [0.15, 0.2) is 24.3 Å². The molecule has 100 valence electrons. The minimum absolute atomic E-state index is 0.493. The van der Waals surface area contributed by atoms with E-state index >= 15 is 0 Å². The van der Waals surface area contributed by atoms with E-state index in [4.69, 9.17) is 17.3 Å². The molecule has 1 fully saturated rings. The SMILES string of the molecule is NCCCC(c1cccc(Cl)c1)N1CCCCC1. The molecule has 0 amide bonds. The molecule has 3 heteroatoms. The Morgan fingerprint density at radius 2 is 2.00 bits per heavy atom. The van der Waals surface area contributed by atoms with Crippen molar-refractivity contribution in [2.24, 2.45) is 5.73 Å². The molecule has 1 unspecified atom stereocenters. The predicted molar refractivity (Wildman–Crippen MR) is 77.9 cm³/mol. The summed E-state index contributed by atoms with van der Waals surface area (Å²) in [5.74, 6) is 0. The van der Waals surface area contributed by atoms with Gasteiger partial charge >= 0.3 is 0 Å². The summed E-state index contributed by atoms with van der Waals surface area (Å²) in [5.41, 5.74) is 7.01. The van der Waals surface area contributed by atoms with Crippen LogP contribution < -0.4 is 5.73 Å². The summed E-state index contributed by atoms with van der Waals surface area (Å²) in [7, 11) is 0. The van der Waals surface area contributed by atoms with Crippen LogP contribution in [0.4, 0.5) is 0 Å². The van der Waals surface area contributed by atoms with Crippen molar-refractivity contribution in [3.05, 3.63) is 34.9 Å². The van der Waals surface area contributed by atoms with E-state index in [0.717, 1.165) is 24.4 Å². The molecule has 0 aromatic heterocycles. The van der Waals surface area contributed by atoms with Gasteiger partial charge in [-0.1, -0.05) is 30.2 Å². The van der Waals surface area contributed by atoms with E-state index in [-0.39, 0.29) is 0 Å². The summed E-state index contributed by atoms with van der Waals surface area (Å²) in [4.78, 5) is 2.60. The van der Waals surface area contributed by atoms with E-state index in [1.807, 2.05) is 6.07 Å². The Balaban J connectivity index is 2.12. The first-order valence-electron chi connectivity index (χ1n) is 7.01. The second-order valence-electron chi connectivity index (χ2n) is 5.10. The molecule has 1 aliphatic rings. The molecule has 1 aromatic rings. The van der Waals surface area contributed by atoms with Crippen molar-refractivity contribution in [2.45, 2.75) is 38.1 Å². The maximum Gasteiger partial charge on any atom is 0.0409 e. The number of likely N-dealkylation sites (tertiary alicyclic amines) is 1. The average molecular weight is 267 g/mol. The van der Waals surface area contributed by atoms with E-state index in [9.17, 15) is 0 Å². The number of piperidine rings is 1. The van der Waals surface area contributed by atoms with Gasteiger partial charge in [-0.2, -0.15) is 0 Å². The Morgan fingerprint density at radius 3 is 2.67 bits per heavy atom. The molecule has 18 heavy (non-hydrogen) atoms. The third kappa shape index (κ3) is 3.71. The van der Waals surface area contributed by atoms with Crippen molar-refractivity contribution in [1.82, 2.24) is 4.90 Å². The van der Waals surface area contributed by atoms with Crippen LogP contribution in [0.5, 0.6) is 0 Å². The number of rotatable bonds is 5. The highest BCUT2D eigenvalue weighted by Crippen LogP contribution is 2.29. The van der Waals surface area contributed by atoms with Crippen molar-refractivity contribution in [1.29, 1.82) is 0 Å². The molecular formula is C15H23ClN2. The predicted octanol–water partition coefficient (Wildman–Crippen LogP) is 3.61. The Hall–Kier alpha value is -0.570. The summed E-state index contributed by atoms with van der Waals surface area (Å²) < 4.78 is 0. The summed E-state index contributed by atoms with van der Waals surface area (Å²) in [5, 5.41) is 0.835. The highest BCUT2D eigenvalue weighted by Gasteiger charge is 2.21. The molecule has 1 saturated heterocycles. The first kappa shape index (κ1) is 13.9. The topological polar surface area (TPSA) is 29.3 Å². The zero-order valence-electron chi connectivity index (χ0n) is 10.9. The van der Waals surface area contributed by atoms with Crippen molar-refractivity contribution in [2.75, 3.05) is 19.6 Å². The van der Waals surface area contributed by atoms with Gasteiger partial charge in [0.1, 0.15) is 0 Å². The van der Waals surface area contributed by atoms with Crippen LogP contribution in [0.25, 0.3) is 0 Å². The molecule has 0 spiro atoms. The number of nitrogens with zero attached hydrogens (tertiary/aromatic N) is 1. The minimum atomic E-state index is 0.493. The first-order chi connectivity index (χ1) is 8.81. The first-order valence-corrected chi connectivity index (χ1v) is 7.38. The van der Waals surface area contributed by atoms with Crippen molar-refractivity contribution < 1.29 is 0 Å². The quantitative estimate of drug-likeness (QED) is 0.882. The number of nitrogens with two attached hydrogens (primary N) is 1. The lowest BCUT2D eigenvalue weighted by atomic mass is 9.97. The van der Waals surface area contributed by atoms with Gasteiger partial charge in [0.05, 0.1) is 0 Å². The van der Waals surface area contributed by atoms with Gasteiger partial charge in [-0.05, 0) is 63.0 Å². The van der Waals surface area contributed by atoms with Crippen LogP contribution in [-0.4, -0.2) is 24.5 Å². The lowest BCUT2D eigenvalue weighted by Gasteiger charge is -2.35. The van der Waals surface area contributed by atoms with Gasteiger partial charge in [0.25, 0.3) is 0 Å². The number of halogens is 1. The van der Waals surface area contributed by atoms with Crippen LogP contribution in [0, 0.1) is 0 Å². The summed E-state index contributed by atoms with van der Waals surface area (Å²) in [6.07, 6.45) is 6.22. The third-order valence-corrected chi connectivity index (χ3v) is 3.98. The molecule has 0 saturated carbocycles. The van der Waals surface area contributed by atoms with Crippen LogP contribution in [0.3, 0.4) is 0 Å². The van der Waals surface area contributed by atoms with Gasteiger partial charge < -0.3 is 5.73 Å². The monoisotopic (exact) mass is 266 g/mol. The third-order valence-electron chi connectivity index (χ3n) is 3.75. The normalized spacial score (nSPS) is 18.8. The fraction of sp³-hybridized carbons (Fsp3) is 0.600. The summed E-state index contributed by atoms with van der Waals surface area (Å²) >= 11 is 6.12. The fourth-order valence-electron chi connectivity index (χ4n) is 2.82. The largest absolute Gasteiger partial charge is 0.330 e. The molecule has 1 atom stereocenters. The molecule has 0 bridgehead atoms. The molecule has 2 nitrogen and oxygen atoms in total. The molecule has 0 aliphatic carbocycles. The Morgan fingerprint density at radius 1 is 1.22 bits per heavy atom. The molecule has 2 N–H and O–H groups in total. The lowest BCUT2D eigenvalue weighted by molar-refractivity contribution is 0.154. The maximum absolute atomic E-state index is 6.12. The number of hydrogen-bond donors (Lipinski definition) is 1. The summed E-state index contributed by atoms with van der Waals surface area (Å²) in [6, 6.07) is 8.80. The van der Waals surface area contributed by atoms with Gasteiger partial charge in [0.2, 0.25) is 0 Å². The van der Waals surface area contributed by atoms with Gasteiger partial charge in [-0.15, -0.1) is 0 Å².